The van der Waals surface area contributed by atoms with E-state index < -0.39 is 10.0 Å². The molecule has 1 unspecified atom stereocenters. The molecular formula is C14H23N3O3S. The van der Waals surface area contributed by atoms with Crippen LogP contribution in [0.3, 0.4) is 0 Å². The second kappa shape index (κ2) is 5.39. The van der Waals surface area contributed by atoms with Gasteiger partial charge in [-0.1, -0.05) is 0 Å². The zero-order valence-corrected chi connectivity index (χ0v) is 13.4. The lowest BCUT2D eigenvalue weighted by Crippen LogP contribution is -2.52. The van der Waals surface area contributed by atoms with Gasteiger partial charge in [0, 0.05) is 43.6 Å². The number of hydrogen-bond acceptors (Lipinski definition) is 4. The molecule has 1 saturated heterocycles. The molecule has 1 atom stereocenters. The topological polar surface area (TPSA) is 65.8 Å². The predicted molar refractivity (Wildman–Crippen MR) is 79.5 cm³/mol. The molecule has 1 saturated carbocycles. The quantitative estimate of drug-likeness (QED) is 0.886. The molecule has 0 amide bonds. The number of hydrogen-bond donors (Lipinski definition) is 1. The number of rotatable bonds is 4. The molecule has 1 aliphatic carbocycles. The maximum Gasteiger partial charge on any atom is 0.244 e. The van der Waals surface area contributed by atoms with E-state index in [0.717, 1.165) is 25.9 Å². The van der Waals surface area contributed by atoms with Crippen LogP contribution >= 0.6 is 0 Å². The number of sulfonamides is 1. The van der Waals surface area contributed by atoms with Crippen molar-refractivity contribution in [1.82, 2.24) is 13.8 Å². The van der Waals surface area contributed by atoms with Gasteiger partial charge in [-0.25, -0.2) is 8.42 Å². The van der Waals surface area contributed by atoms with E-state index in [2.05, 4.69) is 4.90 Å². The van der Waals surface area contributed by atoms with Gasteiger partial charge in [0.05, 0.1) is 6.61 Å². The predicted octanol–water partition coefficient (Wildman–Crippen LogP) is 0.640. The number of likely N-dealkylation sites (N-methyl/N-ethyl adjacent to an activating group) is 1. The van der Waals surface area contributed by atoms with Crippen molar-refractivity contribution in [3.8, 4) is 0 Å². The molecular weight excluding hydrogens is 290 g/mol. The summed E-state index contributed by atoms with van der Waals surface area (Å²) in [6.45, 7) is 3.83. The van der Waals surface area contributed by atoms with Crippen LogP contribution in [0.1, 0.15) is 31.5 Å². The van der Waals surface area contributed by atoms with Crippen molar-refractivity contribution >= 4 is 10.0 Å². The first-order chi connectivity index (χ1) is 9.93. The van der Waals surface area contributed by atoms with Crippen molar-refractivity contribution < 1.29 is 13.5 Å². The fraction of sp³-hybridized carbons (Fsp3) is 0.714. The van der Waals surface area contributed by atoms with E-state index in [4.69, 9.17) is 0 Å². The largest absolute Gasteiger partial charge is 0.390 e. The Labute approximate surface area is 126 Å². The molecule has 2 aliphatic rings. The Hall–Kier alpha value is -0.890. The molecule has 0 spiro atoms. The van der Waals surface area contributed by atoms with Crippen LogP contribution in [0.2, 0.25) is 0 Å². The van der Waals surface area contributed by atoms with Crippen LogP contribution in [-0.2, 0) is 16.6 Å². The van der Waals surface area contributed by atoms with E-state index >= 15 is 0 Å². The first kappa shape index (κ1) is 15.0. The fourth-order valence-electron chi connectivity index (χ4n) is 3.07. The van der Waals surface area contributed by atoms with Gasteiger partial charge in [0.25, 0.3) is 0 Å². The highest BCUT2D eigenvalue weighted by Gasteiger charge is 2.35. The Morgan fingerprint density at radius 1 is 1.33 bits per heavy atom. The summed E-state index contributed by atoms with van der Waals surface area (Å²) in [5.74, 6) is 0. The number of aromatic nitrogens is 1. The minimum absolute atomic E-state index is 0.0319. The maximum atomic E-state index is 12.8. The van der Waals surface area contributed by atoms with E-state index in [1.807, 2.05) is 18.5 Å². The van der Waals surface area contributed by atoms with Gasteiger partial charge in [-0.2, -0.15) is 4.31 Å². The molecule has 0 radical (unpaired) electrons. The lowest BCUT2D eigenvalue weighted by Gasteiger charge is -2.36. The molecule has 0 bridgehead atoms. The average Bonchev–Trinajstić information content (AvgIpc) is 3.16. The van der Waals surface area contributed by atoms with Gasteiger partial charge in [-0.15, -0.1) is 0 Å². The smallest absolute Gasteiger partial charge is 0.244 e. The van der Waals surface area contributed by atoms with E-state index in [9.17, 15) is 13.5 Å². The van der Waals surface area contributed by atoms with Gasteiger partial charge in [-0.3, -0.25) is 0 Å². The fourth-order valence-corrected chi connectivity index (χ4v) is 4.74. The van der Waals surface area contributed by atoms with E-state index in [1.54, 1.807) is 16.6 Å². The van der Waals surface area contributed by atoms with Crippen LogP contribution in [0.15, 0.2) is 17.2 Å². The summed E-state index contributed by atoms with van der Waals surface area (Å²) in [5.41, 5.74) is 0.692. The second-order valence-corrected chi connectivity index (χ2v) is 8.08. The molecule has 2 heterocycles. The molecule has 21 heavy (non-hydrogen) atoms. The van der Waals surface area contributed by atoms with Gasteiger partial charge >= 0.3 is 0 Å². The summed E-state index contributed by atoms with van der Waals surface area (Å²) in [7, 11) is -1.47. The molecule has 6 nitrogen and oxygen atoms in total. The van der Waals surface area contributed by atoms with Crippen molar-refractivity contribution in [1.29, 1.82) is 0 Å². The third kappa shape index (κ3) is 2.75. The Morgan fingerprint density at radius 2 is 2.05 bits per heavy atom. The average molecular weight is 313 g/mol. The molecule has 7 heteroatoms. The van der Waals surface area contributed by atoms with Gasteiger partial charge < -0.3 is 14.6 Å². The summed E-state index contributed by atoms with van der Waals surface area (Å²) >= 11 is 0. The zero-order valence-electron chi connectivity index (χ0n) is 12.6. The third-order valence-electron chi connectivity index (χ3n) is 4.39. The van der Waals surface area contributed by atoms with Crippen LogP contribution in [0.4, 0.5) is 0 Å². The molecule has 1 aromatic heterocycles. The minimum atomic E-state index is -3.48. The Morgan fingerprint density at radius 3 is 2.62 bits per heavy atom. The van der Waals surface area contributed by atoms with Gasteiger partial charge in [0.1, 0.15) is 4.90 Å². The monoisotopic (exact) mass is 313 g/mol. The molecule has 0 aromatic carbocycles. The van der Waals surface area contributed by atoms with Crippen molar-refractivity contribution in [2.24, 2.45) is 0 Å². The summed E-state index contributed by atoms with van der Waals surface area (Å²) < 4.78 is 29.2. The maximum absolute atomic E-state index is 12.8. The third-order valence-corrected chi connectivity index (χ3v) is 6.36. The molecule has 1 aliphatic heterocycles. The van der Waals surface area contributed by atoms with Crippen LogP contribution in [0, 0.1) is 0 Å². The zero-order chi connectivity index (χ0) is 15.2. The van der Waals surface area contributed by atoms with E-state index in [-0.39, 0.29) is 12.6 Å². The standard InChI is InChI=1S/C14H23N3O3S/c1-11-8-15(2)5-6-17(11)21(19,20)14-7-13(10-18)16(9-14)12-3-4-12/h7,9,11-12,18H,3-6,8,10H2,1-2H3. The van der Waals surface area contributed by atoms with Crippen molar-refractivity contribution in [2.75, 3.05) is 26.7 Å². The normalized spacial score (nSPS) is 25.4. The van der Waals surface area contributed by atoms with Gasteiger partial charge in [0.15, 0.2) is 0 Å². The SMILES string of the molecule is CC1CN(C)CCN1S(=O)(=O)c1cc(CO)n(C2CC2)c1. The number of aliphatic hydroxyl groups is 1. The molecule has 1 aromatic rings. The minimum Gasteiger partial charge on any atom is -0.390 e. The highest BCUT2D eigenvalue weighted by atomic mass is 32.2. The second-order valence-electron chi connectivity index (χ2n) is 6.19. The highest BCUT2D eigenvalue weighted by Crippen LogP contribution is 2.37. The summed E-state index contributed by atoms with van der Waals surface area (Å²) in [6.07, 6.45) is 3.82. The van der Waals surface area contributed by atoms with Crippen molar-refractivity contribution in [3.63, 3.8) is 0 Å². The first-order valence-corrected chi connectivity index (χ1v) is 8.89. The van der Waals surface area contributed by atoms with Gasteiger partial charge in [-0.05, 0) is 32.9 Å². The van der Waals surface area contributed by atoms with Gasteiger partial charge in [0.2, 0.25) is 10.0 Å². The Balaban J connectivity index is 1.91. The van der Waals surface area contributed by atoms with Crippen molar-refractivity contribution in [2.45, 2.75) is 43.4 Å². The number of piperazine rings is 1. The molecule has 1 N–H and O–H groups in total. The Kier molecular flexibility index (Phi) is 3.85. The summed E-state index contributed by atoms with van der Waals surface area (Å²) in [5, 5.41) is 9.44. The van der Waals surface area contributed by atoms with Crippen LogP contribution < -0.4 is 0 Å². The lowest BCUT2D eigenvalue weighted by molar-refractivity contribution is 0.170. The van der Waals surface area contributed by atoms with Crippen molar-refractivity contribution in [3.05, 3.63) is 18.0 Å². The lowest BCUT2D eigenvalue weighted by atomic mass is 10.2. The Bertz CT molecular complexity index is 621. The molecule has 3 rings (SSSR count). The van der Waals surface area contributed by atoms with Crippen LogP contribution in [0.25, 0.3) is 0 Å². The summed E-state index contributed by atoms with van der Waals surface area (Å²) in [6, 6.07) is 1.95. The van der Waals surface area contributed by atoms with Crippen LogP contribution in [0.5, 0.6) is 0 Å². The first-order valence-electron chi connectivity index (χ1n) is 7.45. The number of aliphatic hydroxyl groups excluding tert-OH is 1. The summed E-state index contributed by atoms with van der Waals surface area (Å²) in [4.78, 5) is 2.46. The van der Waals surface area contributed by atoms with E-state index in [0.29, 0.717) is 23.2 Å². The number of nitrogens with zero attached hydrogens (tertiary/aromatic N) is 3. The molecule has 2 fully saturated rings. The highest BCUT2D eigenvalue weighted by molar-refractivity contribution is 7.89. The van der Waals surface area contributed by atoms with Crippen LogP contribution in [-0.4, -0.2) is 60.0 Å². The van der Waals surface area contributed by atoms with E-state index in [1.165, 1.54) is 0 Å². The molecule has 118 valence electrons.